The Morgan fingerprint density at radius 2 is 1.86 bits per heavy atom. The van der Waals surface area contributed by atoms with E-state index in [1.165, 1.54) is 6.33 Å². The first kappa shape index (κ1) is 16.1. The van der Waals surface area contributed by atoms with Crippen LogP contribution in [0.3, 0.4) is 0 Å². The third-order valence-corrected chi connectivity index (χ3v) is 2.94. The molecule has 0 fully saturated rings. The fraction of sp³-hybridized carbons (Fsp3) is 0.308. The maximum atomic E-state index is 11.4. The van der Waals surface area contributed by atoms with Crippen LogP contribution < -0.4 is 10.6 Å². The highest BCUT2D eigenvalue weighted by atomic mass is 79.9. The zero-order valence-electron chi connectivity index (χ0n) is 12.3. The van der Waals surface area contributed by atoms with Crippen molar-refractivity contribution in [2.24, 2.45) is 0 Å². The van der Waals surface area contributed by atoms with Crippen molar-refractivity contribution in [3.8, 4) is 0 Å². The summed E-state index contributed by atoms with van der Waals surface area (Å²) >= 11 is 3.28. The summed E-state index contributed by atoms with van der Waals surface area (Å²) in [7, 11) is 0. The Morgan fingerprint density at radius 3 is 2.41 bits per heavy atom. The topological polar surface area (TPSA) is 106 Å². The molecule has 0 aliphatic carbocycles. The number of halogens is 1. The van der Waals surface area contributed by atoms with Gasteiger partial charge in [-0.25, -0.2) is 15.0 Å². The zero-order valence-corrected chi connectivity index (χ0v) is 13.9. The highest BCUT2D eigenvalue weighted by Gasteiger charge is 2.26. The van der Waals surface area contributed by atoms with E-state index in [0.29, 0.717) is 5.82 Å². The third-order valence-electron chi connectivity index (χ3n) is 2.47. The van der Waals surface area contributed by atoms with Gasteiger partial charge in [0.25, 0.3) is 0 Å². The van der Waals surface area contributed by atoms with Gasteiger partial charge in [-0.2, -0.15) is 0 Å². The molecule has 2 aromatic rings. The molecule has 0 amide bonds. The summed E-state index contributed by atoms with van der Waals surface area (Å²) in [6.07, 6.45) is 2.85. The fourth-order valence-electron chi connectivity index (χ4n) is 1.66. The standard InChI is InChI=1S/C13H15BrN6O2/c1-13(2,3)19-12-10(20(21)22)11(16-7-17-12)18-9-5-4-8(14)6-15-9/h4-7H,1-3H3,(H2,15,16,17,18,19). The van der Waals surface area contributed by atoms with Gasteiger partial charge in [0, 0.05) is 16.2 Å². The van der Waals surface area contributed by atoms with E-state index < -0.39 is 4.92 Å². The first-order chi connectivity index (χ1) is 10.3. The summed E-state index contributed by atoms with van der Waals surface area (Å²) in [5, 5.41) is 17.2. The Labute approximate surface area is 135 Å². The lowest BCUT2D eigenvalue weighted by atomic mass is 10.1. The average molecular weight is 367 g/mol. The van der Waals surface area contributed by atoms with E-state index in [1.807, 2.05) is 20.8 Å². The normalized spacial score (nSPS) is 11.1. The van der Waals surface area contributed by atoms with E-state index in [9.17, 15) is 10.1 Å². The van der Waals surface area contributed by atoms with E-state index in [0.717, 1.165) is 4.47 Å². The van der Waals surface area contributed by atoms with Gasteiger partial charge in [0.05, 0.1) is 4.92 Å². The van der Waals surface area contributed by atoms with Crippen LogP contribution in [0.1, 0.15) is 20.8 Å². The van der Waals surface area contributed by atoms with Crippen LogP contribution in [0, 0.1) is 10.1 Å². The molecule has 2 N–H and O–H groups in total. The molecule has 0 saturated heterocycles. The SMILES string of the molecule is CC(C)(C)Nc1ncnc(Nc2ccc(Br)cn2)c1[N+](=O)[O-]. The second-order valence-electron chi connectivity index (χ2n) is 5.54. The first-order valence-corrected chi connectivity index (χ1v) is 7.22. The Balaban J connectivity index is 2.40. The zero-order chi connectivity index (χ0) is 16.3. The number of nitrogens with zero attached hydrogens (tertiary/aromatic N) is 4. The molecule has 116 valence electrons. The summed E-state index contributed by atoms with van der Waals surface area (Å²) in [6, 6.07) is 3.46. The molecular weight excluding hydrogens is 352 g/mol. The van der Waals surface area contributed by atoms with Crippen molar-refractivity contribution < 1.29 is 4.92 Å². The highest BCUT2D eigenvalue weighted by Crippen LogP contribution is 2.32. The van der Waals surface area contributed by atoms with Crippen LogP contribution in [0.15, 0.2) is 29.1 Å². The van der Waals surface area contributed by atoms with E-state index in [-0.39, 0.29) is 22.9 Å². The number of hydrogen-bond donors (Lipinski definition) is 2. The molecule has 2 aromatic heterocycles. The Kier molecular flexibility index (Phi) is 4.55. The molecule has 0 bridgehead atoms. The maximum absolute atomic E-state index is 11.4. The van der Waals surface area contributed by atoms with Gasteiger partial charge >= 0.3 is 5.69 Å². The lowest BCUT2D eigenvalue weighted by Crippen LogP contribution is -2.27. The van der Waals surface area contributed by atoms with Crippen molar-refractivity contribution in [1.82, 2.24) is 15.0 Å². The van der Waals surface area contributed by atoms with E-state index in [1.54, 1.807) is 18.3 Å². The molecular formula is C13H15BrN6O2. The van der Waals surface area contributed by atoms with E-state index in [4.69, 9.17) is 0 Å². The number of aromatic nitrogens is 3. The quantitative estimate of drug-likeness (QED) is 0.629. The van der Waals surface area contributed by atoms with Gasteiger partial charge in [0.2, 0.25) is 11.6 Å². The molecule has 0 radical (unpaired) electrons. The molecule has 22 heavy (non-hydrogen) atoms. The molecule has 0 aliphatic rings. The van der Waals surface area contributed by atoms with Gasteiger partial charge in [0.1, 0.15) is 12.1 Å². The number of rotatable bonds is 4. The molecule has 2 heterocycles. The maximum Gasteiger partial charge on any atom is 0.353 e. The molecule has 9 heteroatoms. The smallest absolute Gasteiger partial charge is 0.353 e. The molecule has 0 aliphatic heterocycles. The van der Waals surface area contributed by atoms with Gasteiger partial charge in [-0.05, 0) is 48.8 Å². The van der Waals surface area contributed by atoms with Crippen LogP contribution in [-0.4, -0.2) is 25.4 Å². The predicted molar refractivity (Wildman–Crippen MR) is 87.3 cm³/mol. The van der Waals surface area contributed by atoms with Crippen molar-refractivity contribution in [2.45, 2.75) is 26.3 Å². The van der Waals surface area contributed by atoms with Crippen molar-refractivity contribution in [3.63, 3.8) is 0 Å². The van der Waals surface area contributed by atoms with Gasteiger partial charge in [-0.15, -0.1) is 0 Å². The summed E-state index contributed by atoms with van der Waals surface area (Å²) in [5.74, 6) is 0.695. The predicted octanol–water partition coefficient (Wildman–Crippen LogP) is 3.50. The van der Waals surface area contributed by atoms with Gasteiger partial charge in [0.15, 0.2) is 0 Å². The number of anilines is 3. The van der Waals surface area contributed by atoms with Crippen molar-refractivity contribution >= 4 is 39.1 Å². The Bertz CT molecular complexity index is 684. The molecule has 2 rings (SSSR count). The molecule has 8 nitrogen and oxygen atoms in total. The lowest BCUT2D eigenvalue weighted by molar-refractivity contribution is -0.383. The number of nitrogens with one attached hydrogen (secondary N) is 2. The summed E-state index contributed by atoms with van der Waals surface area (Å²) < 4.78 is 0.810. The number of nitro groups is 1. The second-order valence-corrected chi connectivity index (χ2v) is 6.45. The van der Waals surface area contributed by atoms with Crippen LogP contribution in [0.5, 0.6) is 0 Å². The minimum absolute atomic E-state index is 0.0848. The summed E-state index contributed by atoms with van der Waals surface area (Å²) in [6.45, 7) is 5.67. The molecule has 0 spiro atoms. The lowest BCUT2D eigenvalue weighted by Gasteiger charge is -2.21. The van der Waals surface area contributed by atoms with Crippen LogP contribution in [-0.2, 0) is 0 Å². The third kappa shape index (κ3) is 4.10. The average Bonchev–Trinajstić information content (AvgIpc) is 2.39. The van der Waals surface area contributed by atoms with Crippen molar-refractivity contribution in [1.29, 1.82) is 0 Å². The summed E-state index contributed by atoms with van der Waals surface area (Å²) in [5.41, 5.74) is -0.589. The minimum atomic E-state index is -0.519. The van der Waals surface area contributed by atoms with Crippen LogP contribution in [0.25, 0.3) is 0 Å². The van der Waals surface area contributed by atoms with E-state index >= 15 is 0 Å². The highest BCUT2D eigenvalue weighted by molar-refractivity contribution is 9.10. The van der Waals surface area contributed by atoms with Crippen LogP contribution >= 0.6 is 15.9 Å². The minimum Gasteiger partial charge on any atom is -0.360 e. The molecule has 0 atom stereocenters. The van der Waals surface area contributed by atoms with Crippen molar-refractivity contribution in [2.75, 3.05) is 10.6 Å². The Hall–Kier alpha value is -2.29. The Morgan fingerprint density at radius 1 is 1.18 bits per heavy atom. The van der Waals surface area contributed by atoms with Crippen LogP contribution in [0.2, 0.25) is 0 Å². The van der Waals surface area contributed by atoms with Crippen LogP contribution in [0.4, 0.5) is 23.1 Å². The van der Waals surface area contributed by atoms with Gasteiger partial charge in [-0.3, -0.25) is 10.1 Å². The largest absolute Gasteiger partial charge is 0.360 e. The number of hydrogen-bond acceptors (Lipinski definition) is 7. The van der Waals surface area contributed by atoms with Gasteiger partial charge in [-0.1, -0.05) is 0 Å². The monoisotopic (exact) mass is 366 g/mol. The fourth-order valence-corrected chi connectivity index (χ4v) is 1.90. The molecule has 0 saturated carbocycles. The van der Waals surface area contributed by atoms with Gasteiger partial charge < -0.3 is 10.6 Å². The number of pyridine rings is 1. The van der Waals surface area contributed by atoms with E-state index in [2.05, 4.69) is 41.5 Å². The first-order valence-electron chi connectivity index (χ1n) is 6.42. The molecule has 0 unspecified atom stereocenters. The second kappa shape index (κ2) is 6.22. The molecule has 0 aromatic carbocycles. The summed E-state index contributed by atoms with van der Waals surface area (Å²) in [4.78, 5) is 22.9. The van der Waals surface area contributed by atoms with Crippen molar-refractivity contribution in [3.05, 3.63) is 39.2 Å².